The number of carbonyl (C=O) groups is 1. The molecule has 1 N–H and O–H groups in total. The number of aromatic nitrogens is 3. The van der Waals surface area contributed by atoms with E-state index in [1.54, 1.807) is 42.8 Å². The van der Waals surface area contributed by atoms with E-state index >= 15 is 0 Å². The van der Waals surface area contributed by atoms with Crippen LogP contribution in [0.25, 0.3) is 11.4 Å². The van der Waals surface area contributed by atoms with Gasteiger partial charge >= 0.3 is 0 Å². The number of carbonyl (C=O) groups excluding carboxylic acids is 1. The molecule has 0 spiro atoms. The third kappa shape index (κ3) is 4.56. The Balaban J connectivity index is 1.65. The molecule has 1 heterocycles. The van der Waals surface area contributed by atoms with E-state index in [0.29, 0.717) is 11.0 Å². The first kappa shape index (κ1) is 20.0. The van der Waals surface area contributed by atoms with Crippen molar-refractivity contribution in [1.82, 2.24) is 20.1 Å². The molecule has 146 valence electrons. The van der Waals surface area contributed by atoms with E-state index < -0.39 is 5.25 Å². The zero-order valence-corrected chi connectivity index (χ0v) is 16.5. The molecule has 3 rings (SSSR count). The zero-order valence-electron chi connectivity index (χ0n) is 15.7. The van der Waals surface area contributed by atoms with Gasteiger partial charge in [0.2, 0.25) is 5.91 Å². The Morgan fingerprint density at radius 1 is 1.00 bits per heavy atom. The van der Waals surface area contributed by atoms with Gasteiger partial charge in [0.1, 0.15) is 11.6 Å². The van der Waals surface area contributed by atoms with Gasteiger partial charge in [-0.3, -0.25) is 4.79 Å². The van der Waals surface area contributed by atoms with Crippen molar-refractivity contribution in [3.63, 3.8) is 0 Å². The van der Waals surface area contributed by atoms with Gasteiger partial charge in [0.25, 0.3) is 0 Å². The average molecular weight is 402 g/mol. The van der Waals surface area contributed by atoms with Crippen molar-refractivity contribution in [2.45, 2.75) is 30.3 Å². The first-order valence-corrected chi connectivity index (χ1v) is 9.61. The minimum atomic E-state index is -0.410. The van der Waals surface area contributed by atoms with Gasteiger partial charge < -0.3 is 9.88 Å². The van der Waals surface area contributed by atoms with Crippen LogP contribution in [0.15, 0.2) is 53.7 Å². The van der Waals surface area contributed by atoms with Gasteiger partial charge in [0.15, 0.2) is 11.0 Å². The molecule has 3 aromatic rings. The molecule has 2 atom stereocenters. The van der Waals surface area contributed by atoms with Crippen LogP contribution in [0.1, 0.15) is 25.5 Å². The highest BCUT2D eigenvalue weighted by Gasteiger charge is 2.21. The summed E-state index contributed by atoms with van der Waals surface area (Å²) in [6.45, 7) is 3.63. The topological polar surface area (TPSA) is 59.8 Å². The standard InChI is InChI=1S/C20H20F2N4OS/c1-12(14-4-8-16(21)9-5-14)23-19(27)13(2)28-20-25-24-18(26(20)3)15-6-10-17(22)11-7-15/h4-13H,1-3H3,(H,23,27)/t12-,13+/m1/s1. The van der Waals surface area contributed by atoms with Crippen LogP contribution in [-0.2, 0) is 11.8 Å². The Labute approximate surface area is 166 Å². The van der Waals surface area contributed by atoms with Gasteiger partial charge in [-0.15, -0.1) is 10.2 Å². The van der Waals surface area contributed by atoms with E-state index in [0.717, 1.165) is 11.1 Å². The molecule has 0 aliphatic rings. The van der Waals surface area contributed by atoms with Gasteiger partial charge in [-0.05, 0) is 55.8 Å². The lowest BCUT2D eigenvalue weighted by Gasteiger charge is -2.17. The Kier molecular flexibility index (Phi) is 6.08. The summed E-state index contributed by atoms with van der Waals surface area (Å²) >= 11 is 1.28. The van der Waals surface area contributed by atoms with E-state index in [1.807, 2.05) is 6.92 Å². The summed E-state index contributed by atoms with van der Waals surface area (Å²) in [6, 6.07) is 11.8. The fourth-order valence-electron chi connectivity index (χ4n) is 2.65. The van der Waals surface area contributed by atoms with E-state index in [2.05, 4.69) is 15.5 Å². The second-order valence-corrected chi connectivity index (χ2v) is 7.72. The monoisotopic (exact) mass is 402 g/mol. The smallest absolute Gasteiger partial charge is 0.233 e. The highest BCUT2D eigenvalue weighted by atomic mass is 32.2. The van der Waals surface area contributed by atoms with Crippen molar-refractivity contribution in [3.8, 4) is 11.4 Å². The van der Waals surface area contributed by atoms with Crippen molar-refractivity contribution in [2.75, 3.05) is 0 Å². The third-order valence-corrected chi connectivity index (χ3v) is 5.45. The van der Waals surface area contributed by atoms with E-state index in [-0.39, 0.29) is 23.6 Å². The minimum absolute atomic E-state index is 0.159. The number of halogens is 2. The Morgan fingerprint density at radius 2 is 1.57 bits per heavy atom. The van der Waals surface area contributed by atoms with Crippen molar-refractivity contribution in [1.29, 1.82) is 0 Å². The average Bonchev–Trinajstić information content (AvgIpc) is 3.03. The van der Waals surface area contributed by atoms with Crippen LogP contribution in [0.3, 0.4) is 0 Å². The molecule has 2 aromatic carbocycles. The molecule has 0 saturated heterocycles. The molecule has 0 fully saturated rings. The number of hydrogen-bond acceptors (Lipinski definition) is 4. The summed E-state index contributed by atoms with van der Waals surface area (Å²) in [5, 5.41) is 11.4. The summed E-state index contributed by atoms with van der Waals surface area (Å²) in [6.07, 6.45) is 0. The molecule has 1 amide bonds. The predicted octanol–water partition coefficient (Wildman–Crippen LogP) is 4.12. The van der Waals surface area contributed by atoms with Gasteiger partial charge in [-0.25, -0.2) is 8.78 Å². The van der Waals surface area contributed by atoms with Crippen LogP contribution < -0.4 is 5.32 Å². The van der Waals surface area contributed by atoms with Crippen LogP contribution in [0.5, 0.6) is 0 Å². The number of hydrogen-bond donors (Lipinski definition) is 1. The molecule has 1 aromatic heterocycles. The summed E-state index contributed by atoms with van der Waals surface area (Å²) in [5.41, 5.74) is 1.56. The summed E-state index contributed by atoms with van der Waals surface area (Å²) in [5.74, 6) is -0.200. The lowest BCUT2D eigenvalue weighted by molar-refractivity contribution is -0.120. The number of benzene rings is 2. The Hall–Kier alpha value is -2.74. The maximum Gasteiger partial charge on any atom is 0.233 e. The molecule has 8 heteroatoms. The second-order valence-electron chi connectivity index (χ2n) is 6.41. The fraction of sp³-hybridized carbons (Fsp3) is 0.250. The molecular formula is C20H20F2N4OS. The quantitative estimate of drug-likeness (QED) is 0.630. The van der Waals surface area contributed by atoms with Crippen molar-refractivity contribution >= 4 is 17.7 Å². The van der Waals surface area contributed by atoms with Crippen LogP contribution in [0.2, 0.25) is 0 Å². The van der Waals surface area contributed by atoms with Crippen LogP contribution in [0.4, 0.5) is 8.78 Å². The molecule has 0 aliphatic heterocycles. The number of nitrogens with zero attached hydrogens (tertiary/aromatic N) is 3. The normalized spacial score (nSPS) is 13.2. The van der Waals surface area contributed by atoms with Gasteiger partial charge in [-0.1, -0.05) is 23.9 Å². The maximum atomic E-state index is 13.1. The number of rotatable bonds is 6. The number of amides is 1. The minimum Gasteiger partial charge on any atom is -0.349 e. The highest BCUT2D eigenvalue weighted by Crippen LogP contribution is 2.26. The number of nitrogens with one attached hydrogen (secondary N) is 1. The van der Waals surface area contributed by atoms with Crippen LogP contribution >= 0.6 is 11.8 Å². The summed E-state index contributed by atoms with van der Waals surface area (Å²) in [7, 11) is 1.80. The van der Waals surface area contributed by atoms with Crippen LogP contribution in [0, 0.1) is 11.6 Å². The van der Waals surface area contributed by atoms with E-state index in [9.17, 15) is 13.6 Å². The van der Waals surface area contributed by atoms with E-state index in [4.69, 9.17) is 0 Å². The molecule has 0 radical (unpaired) electrons. The summed E-state index contributed by atoms with van der Waals surface area (Å²) in [4.78, 5) is 12.5. The first-order chi connectivity index (χ1) is 13.3. The Bertz CT molecular complexity index is 957. The van der Waals surface area contributed by atoms with Gasteiger partial charge in [0.05, 0.1) is 11.3 Å². The molecular weight excluding hydrogens is 382 g/mol. The number of thioether (sulfide) groups is 1. The largest absolute Gasteiger partial charge is 0.349 e. The van der Waals surface area contributed by atoms with Crippen molar-refractivity contribution in [3.05, 3.63) is 65.7 Å². The van der Waals surface area contributed by atoms with Gasteiger partial charge in [-0.2, -0.15) is 0 Å². The third-order valence-electron chi connectivity index (χ3n) is 4.32. The lowest BCUT2D eigenvalue weighted by Crippen LogP contribution is -2.33. The zero-order chi connectivity index (χ0) is 20.3. The SMILES string of the molecule is C[C@H](Sc1nnc(-c2ccc(F)cc2)n1C)C(=O)N[C@H](C)c1ccc(F)cc1. The van der Waals surface area contributed by atoms with E-state index in [1.165, 1.54) is 36.0 Å². The predicted molar refractivity (Wildman–Crippen MR) is 105 cm³/mol. The molecule has 0 saturated carbocycles. The first-order valence-electron chi connectivity index (χ1n) is 8.73. The molecule has 0 bridgehead atoms. The molecule has 0 aliphatic carbocycles. The lowest BCUT2D eigenvalue weighted by atomic mass is 10.1. The highest BCUT2D eigenvalue weighted by molar-refractivity contribution is 8.00. The Morgan fingerprint density at radius 3 is 2.18 bits per heavy atom. The molecule has 5 nitrogen and oxygen atoms in total. The maximum absolute atomic E-state index is 13.1. The summed E-state index contributed by atoms with van der Waals surface area (Å²) < 4.78 is 27.9. The second kappa shape index (κ2) is 8.52. The van der Waals surface area contributed by atoms with Gasteiger partial charge in [0, 0.05) is 12.6 Å². The van der Waals surface area contributed by atoms with Crippen LogP contribution in [-0.4, -0.2) is 25.9 Å². The molecule has 28 heavy (non-hydrogen) atoms. The fourth-order valence-corrected chi connectivity index (χ4v) is 3.47. The van der Waals surface area contributed by atoms with Crippen molar-refractivity contribution in [2.24, 2.45) is 7.05 Å². The molecule has 0 unspecified atom stereocenters. The van der Waals surface area contributed by atoms with Crippen molar-refractivity contribution < 1.29 is 13.6 Å².